The van der Waals surface area contributed by atoms with Crippen molar-refractivity contribution in [2.45, 2.75) is 57.5 Å². The molecule has 2 aliphatic carbocycles. The number of hydrogen-bond donors (Lipinski definition) is 1. The molecule has 1 aromatic carbocycles. The molecule has 2 heteroatoms. The van der Waals surface area contributed by atoms with Gasteiger partial charge in [0.15, 0.2) is 0 Å². The Kier molecular flexibility index (Phi) is 4.14. The SMILES string of the molecule is CCCC(NC(C1CC1)C1CC1)c1ccc(Cl)cc1. The molecule has 1 unspecified atom stereocenters. The van der Waals surface area contributed by atoms with Gasteiger partial charge in [-0.2, -0.15) is 0 Å². The summed E-state index contributed by atoms with van der Waals surface area (Å²) in [6.45, 7) is 2.27. The van der Waals surface area contributed by atoms with Gasteiger partial charge in [0, 0.05) is 17.1 Å². The van der Waals surface area contributed by atoms with E-state index in [9.17, 15) is 0 Å². The first kappa shape index (κ1) is 13.5. The number of halogens is 1. The minimum atomic E-state index is 0.508. The largest absolute Gasteiger partial charge is 0.307 e. The molecule has 1 nitrogen and oxygen atoms in total. The van der Waals surface area contributed by atoms with E-state index >= 15 is 0 Å². The second-order valence-corrected chi connectivity index (χ2v) is 6.70. The summed E-state index contributed by atoms with van der Waals surface area (Å²) in [5.74, 6) is 1.92. The molecular formula is C17H24ClN. The van der Waals surface area contributed by atoms with Crippen LogP contribution in [0.15, 0.2) is 24.3 Å². The van der Waals surface area contributed by atoms with E-state index in [1.54, 1.807) is 0 Å². The van der Waals surface area contributed by atoms with Crippen molar-refractivity contribution in [2.75, 3.05) is 0 Å². The molecular weight excluding hydrogens is 254 g/mol. The fourth-order valence-corrected chi connectivity index (χ4v) is 3.26. The lowest BCUT2D eigenvalue weighted by Gasteiger charge is -2.26. The van der Waals surface area contributed by atoms with Crippen LogP contribution in [0.3, 0.4) is 0 Å². The number of nitrogens with one attached hydrogen (secondary N) is 1. The Balaban J connectivity index is 1.70. The maximum Gasteiger partial charge on any atom is 0.0406 e. The van der Waals surface area contributed by atoms with Gasteiger partial charge in [-0.3, -0.25) is 0 Å². The number of benzene rings is 1. The van der Waals surface area contributed by atoms with Crippen LogP contribution < -0.4 is 5.32 Å². The highest BCUT2D eigenvalue weighted by Gasteiger charge is 2.42. The summed E-state index contributed by atoms with van der Waals surface area (Å²) in [5.41, 5.74) is 1.40. The van der Waals surface area contributed by atoms with Crippen LogP contribution in [0.5, 0.6) is 0 Å². The maximum atomic E-state index is 6.00. The average molecular weight is 278 g/mol. The van der Waals surface area contributed by atoms with Crippen molar-refractivity contribution in [3.8, 4) is 0 Å². The van der Waals surface area contributed by atoms with E-state index in [-0.39, 0.29) is 0 Å². The summed E-state index contributed by atoms with van der Waals surface area (Å²) >= 11 is 6.00. The number of rotatable bonds is 7. The minimum Gasteiger partial charge on any atom is -0.307 e. The average Bonchev–Trinajstić information content (AvgIpc) is 3.29. The topological polar surface area (TPSA) is 12.0 Å². The molecule has 2 aliphatic rings. The summed E-state index contributed by atoms with van der Waals surface area (Å²) in [4.78, 5) is 0. The molecule has 1 atom stereocenters. The highest BCUT2D eigenvalue weighted by Crippen LogP contribution is 2.45. The molecule has 1 N–H and O–H groups in total. The molecule has 0 radical (unpaired) electrons. The van der Waals surface area contributed by atoms with E-state index < -0.39 is 0 Å². The summed E-state index contributed by atoms with van der Waals surface area (Å²) in [6.07, 6.45) is 8.20. The highest BCUT2D eigenvalue weighted by molar-refractivity contribution is 6.30. The fourth-order valence-electron chi connectivity index (χ4n) is 3.13. The molecule has 2 fully saturated rings. The second-order valence-electron chi connectivity index (χ2n) is 6.26. The fraction of sp³-hybridized carbons (Fsp3) is 0.647. The van der Waals surface area contributed by atoms with Crippen molar-refractivity contribution in [1.29, 1.82) is 0 Å². The second kappa shape index (κ2) is 5.85. The Morgan fingerprint density at radius 2 is 1.68 bits per heavy atom. The van der Waals surface area contributed by atoms with Gasteiger partial charge in [0.25, 0.3) is 0 Å². The van der Waals surface area contributed by atoms with Gasteiger partial charge in [-0.25, -0.2) is 0 Å². The molecule has 0 aliphatic heterocycles. The van der Waals surface area contributed by atoms with Crippen molar-refractivity contribution in [3.63, 3.8) is 0 Å². The third kappa shape index (κ3) is 3.52. The Labute approximate surface area is 121 Å². The van der Waals surface area contributed by atoms with Crippen LogP contribution in [0.25, 0.3) is 0 Å². The van der Waals surface area contributed by atoms with Crippen LogP contribution in [-0.2, 0) is 0 Å². The van der Waals surface area contributed by atoms with E-state index in [0.29, 0.717) is 6.04 Å². The predicted octanol–water partition coefficient (Wildman–Crippen LogP) is 4.96. The molecule has 0 heterocycles. The van der Waals surface area contributed by atoms with E-state index in [1.807, 2.05) is 12.1 Å². The van der Waals surface area contributed by atoms with Crippen molar-refractivity contribution in [2.24, 2.45) is 11.8 Å². The van der Waals surface area contributed by atoms with Crippen LogP contribution in [-0.4, -0.2) is 6.04 Å². The molecule has 0 aromatic heterocycles. The minimum absolute atomic E-state index is 0.508. The quantitative estimate of drug-likeness (QED) is 0.743. The van der Waals surface area contributed by atoms with Gasteiger partial charge in [0.2, 0.25) is 0 Å². The van der Waals surface area contributed by atoms with Crippen molar-refractivity contribution in [1.82, 2.24) is 5.32 Å². The molecule has 19 heavy (non-hydrogen) atoms. The zero-order valence-corrected chi connectivity index (χ0v) is 12.5. The van der Waals surface area contributed by atoms with E-state index in [1.165, 1.54) is 44.1 Å². The van der Waals surface area contributed by atoms with Crippen LogP contribution in [0.2, 0.25) is 5.02 Å². The lowest BCUT2D eigenvalue weighted by atomic mass is 9.98. The Morgan fingerprint density at radius 3 is 2.16 bits per heavy atom. The summed E-state index contributed by atoms with van der Waals surface area (Å²) in [6, 6.07) is 9.69. The van der Waals surface area contributed by atoms with Crippen LogP contribution >= 0.6 is 11.6 Å². The predicted molar refractivity (Wildman–Crippen MR) is 81.5 cm³/mol. The van der Waals surface area contributed by atoms with Crippen LogP contribution in [0.4, 0.5) is 0 Å². The first-order valence-electron chi connectivity index (χ1n) is 7.79. The monoisotopic (exact) mass is 277 g/mol. The molecule has 3 rings (SSSR count). The molecule has 2 saturated carbocycles. The van der Waals surface area contributed by atoms with Gasteiger partial charge < -0.3 is 5.32 Å². The van der Waals surface area contributed by atoms with Gasteiger partial charge in [-0.05, 0) is 61.6 Å². The zero-order chi connectivity index (χ0) is 13.2. The smallest absolute Gasteiger partial charge is 0.0406 e. The lowest BCUT2D eigenvalue weighted by molar-refractivity contribution is 0.352. The standard InChI is InChI=1S/C17H24ClN/c1-2-3-16(12-8-10-15(18)11-9-12)19-17(13-4-5-13)14-6-7-14/h8-11,13-14,16-17,19H,2-7H2,1H3. The molecule has 104 valence electrons. The Hall–Kier alpha value is -0.530. The molecule has 0 spiro atoms. The van der Waals surface area contributed by atoms with E-state index in [4.69, 9.17) is 11.6 Å². The van der Waals surface area contributed by atoms with Crippen molar-refractivity contribution < 1.29 is 0 Å². The highest BCUT2D eigenvalue weighted by atomic mass is 35.5. The van der Waals surface area contributed by atoms with Crippen LogP contribution in [0.1, 0.15) is 57.1 Å². The number of hydrogen-bond acceptors (Lipinski definition) is 1. The summed E-state index contributed by atoms with van der Waals surface area (Å²) in [5, 5.41) is 4.80. The van der Waals surface area contributed by atoms with Crippen molar-refractivity contribution >= 4 is 11.6 Å². The first-order valence-corrected chi connectivity index (χ1v) is 8.17. The Bertz CT molecular complexity index is 394. The Morgan fingerprint density at radius 1 is 1.11 bits per heavy atom. The summed E-state index contributed by atoms with van der Waals surface area (Å²) < 4.78 is 0. The third-order valence-corrected chi connectivity index (χ3v) is 4.76. The normalized spacial score (nSPS) is 20.8. The third-order valence-electron chi connectivity index (χ3n) is 4.50. The van der Waals surface area contributed by atoms with Gasteiger partial charge in [0.05, 0.1) is 0 Å². The van der Waals surface area contributed by atoms with Gasteiger partial charge >= 0.3 is 0 Å². The molecule has 1 aromatic rings. The first-order chi connectivity index (χ1) is 9.28. The summed E-state index contributed by atoms with van der Waals surface area (Å²) in [7, 11) is 0. The maximum absolute atomic E-state index is 6.00. The van der Waals surface area contributed by atoms with E-state index in [2.05, 4.69) is 24.4 Å². The van der Waals surface area contributed by atoms with E-state index in [0.717, 1.165) is 22.9 Å². The van der Waals surface area contributed by atoms with Gasteiger partial charge in [0.1, 0.15) is 0 Å². The molecule has 0 bridgehead atoms. The zero-order valence-electron chi connectivity index (χ0n) is 11.7. The molecule has 0 saturated heterocycles. The molecule has 0 amide bonds. The lowest BCUT2D eigenvalue weighted by Crippen LogP contribution is -2.36. The van der Waals surface area contributed by atoms with Crippen molar-refractivity contribution in [3.05, 3.63) is 34.9 Å². The van der Waals surface area contributed by atoms with Gasteiger partial charge in [-0.1, -0.05) is 37.1 Å². The van der Waals surface area contributed by atoms with Crippen LogP contribution in [0, 0.1) is 11.8 Å². The van der Waals surface area contributed by atoms with Gasteiger partial charge in [-0.15, -0.1) is 0 Å².